The highest BCUT2D eigenvalue weighted by Gasteiger charge is 2.32. The van der Waals surface area contributed by atoms with Crippen molar-refractivity contribution in [2.75, 3.05) is 6.54 Å². The first kappa shape index (κ1) is 16.4. The lowest BCUT2D eigenvalue weighted by molar-refractivity contribution is -0.137. The molecule has 1 rings (SSSR count). The molecule has 3 N–H and O–H groups in total. The zero-order valence-electron chi connectivity index (χ0n) is 10.9. The van der Waals surface area contributed by atoms with Crippen molar-refractivity contribution in [2.45, 2.75) is 32.0 Å². The quantitative estimate of drug-likeness (QED) is 0.820. The Morgan fingerprint density at radius 1 is 1.40 bits per heavy atom. The van der Waals surface area contributed by atoms with Crippen molar-refractivity contribution in [1.82, 2.24) is 5.32 Å². The van der Waals surface area contributed by atoms with Crippen LogP contribution in [0.3, 0.4) is 0 Å². The van der Waals surface area contributed by atoms with Gasteiger partial charge in [-0.1, -0.05) is 6.92 Å². The summed E-state index contributed by atoms with van der Waals surface area (Å²) in [5.41, 5.74) is 3.68. The van der Waals surface area contributed by atoms with Crippen LogP contribution in [-0.4, -0.2) is 18.5 Å². The summed E-state index contributed by atoms with van der Waals surface area (Å²) in [5.74, 6) is -1.85. The topological polar surface area (TPSA) is 55.1 Å². The number of nitrogens with two attached hydrogens (primary N) is 1. The van der Waals surface area contributed by atoms with Gasteiger partial charge in [-0.2, -0.15) is 13.2 Å². The third kappa shape index (κ3) is 4.19. The van der Waals surface area contributed by atoms with Crippen molar-refractivity contribution in [3.63, 3.8) is 0 Å². The van der Waals surface area contributed by atoms with Crippen molar-refractivity contribution in [3.05, 3.63) is 35.1 Å². The van der Waals surface area contributed by atoms with E-state index in [0.29, 0.717) is 37.6 Å². The maximum atomic E-state index is 13.5. The Hall–Kier alpha value is -1.63. The van der Waals surface area contributed by atoms with Crippen molar-refractivity contribution >= 4 is 5.91 Å². The van der Waals surface area contributed by atoms with E-state index < -0.39 is 29.0 Å². The number of benzene rings is 1. The minimum Gasteiger partial charge on any atom is -0.349 e. The van der Waals surface area contributed by atoms with Gasteiger partial charge in [0, 0.05) is 6.04 Å². The van der Waals surface area contributed by atoms with Crippen LogP contribution >= 0.6 is 0 Å². The molecule has 3 nitrogen and oxygen atoms in total. The van der Waals surface area contributed by atoms with Crippen molar-refractivity contribution < 1.29 is 22.4 Å². The van der Waals surface area contributed by atoms with Gasteiger partial charge in [-0.05, 0) is 37.6 Å². The second kappa shape index (κ2) is 6.69. The molecule has 1 aromatic carbocycles. The summed E-state index contributed by atoms with van der Waals surface area (Å²) in [4.78, 5) is 11.8. The average molecular weight is 292 g/mol. The van der Waals surface area contributed by atoms with Crippen LogP contribution in [0.5, 0.6) is 0 Å². The summed E-state index contributed by atoms with van der Waals surface area (Å²) < 4.78 is 51.1. The van der Waals surface area contributed by atoms with Crippen LogP contribution in [0.25, 0.3) is 0 Å². The summed E-state index contributed by atoms with van der Waals surface area (Å²) in [6, 6.07) is 1.46. The molecular formula is C13H16F4N2O. The molecule has 0 spiro atoms. The molecule has 0 aromatic heterocycles. The van der Waals surface area contributed by atoms with Gasteiger partial charge in [0.1, 0.15) is 5.82 Å². The Morgan fingerprint density at radius 3 is 2.55 bits per heavy atom. The number of hydrogen-bond donors (Lipinski definition) is 2. The van der Waals surface area contributed by atoms with E-state index in [1.54, 1.807) is 6.92 Å². The highest BCUT2D eigenvalue weighted by atomic mass is 19.4. The number of carbonyl (C=O) groups excluding carboxylic acids is 1. The Balaban J connectivity index is 2.97. The molecule has 0 aliphatic carbocycles. The molecular weight excluding hydrogens is 276 g/mol. The minimum absolute atomic E-state index is 0.290. The normalized spacial score (nSPS) is 13.1. The molecule has 1 atom stereocenters. The van der Waals surface area contributed by atoms with Crippen LogP contribution in [-0.2, 0) is 6.18 Å². The van der Waals surface area contributed by atoms with E-state index in [4.69, 9.17) is 5.73 Å². The molecule has 0 aliphatic heterocycles. The molecule has 1 amide bonds. The lowest BCUT2D eigenvalue weighted by atomic mass is 10.1. The van der Waals surface area contributed by atoms with Gasteiger partial charge in [-0.3, -0.25) is 4.79 Å². The Labute approximate surface area is 114 Å². The lowest BCUT2D eigenvalue weighted by Crippen LogP contribution is -2.36. The second-order valence-electron chi connectivity index (χ2n) is 4.35. The highest BCUT2D eigenvalue weighted by molar-refractivity contribution is 5.94. The van der Waals surface area contributed by atoms with Gasteiger partial charge in [-0.15, -0.1) is 0 Å². The summed E-state index contributed by atoms with van der Waals surface area (Å²) in [6.45, 7) is 2.12. The van der Waals surface area contributed by atoms with Crippen molar-refractivity contribution in [2.24, 2.45) is 5.73 Å². The third-order valence-corrected chi connectivity index (χ3v) is 2.88. The molecule has 112 valence electrons. The molecule has 7 heteroatoms. The van der Waals surface area contributed by atoms with E-state index >= 15 is 0 Å². The fraction of sp³-hybridized carbons (Fsp3) is 0.462. The predicted molar refractivity (Wildman–Crippen MR) is 66.6 cm³/mol. The maximum Gasteiger partial charge on any atom is 0.416 e. The number of carbonyl (C=O) groups is 1. The first-order chi connectivity index (χ1) is 9.29. The van der Waals surface area contributed by atoms with Gasteiger partial charge in [0.25, 0.3) is 5.91 Å². The highest BCUT2D eigenvalue weighted by Crippen LogP contribution is 2.30. The van der Waals surface area contributed by atoms with Gasteiger partial charge in [0.05, 0.1) is 11.1 Å². The van der Waals surface area contributed by atoms with E-state index in [0.717, 1.165) is 0 Å². The largest absolute Gasteiger partial charge is 0.416 e. The van der Waals surface area contributed by atoms with E-state index in [9.17, 15) is 22.4 Å². The maximum absolute atomic E-state index is 13.5. The molecule has 0 saturated heterocycles. The predicted octanol–water partition coefficient (Wildman–Crippen LogP) is 2.70. The Bertz CT molecular complexity index is 474. The monoisotopic (exact) mass is 292 g/mol. The summed E-state index contributed by atoms with van der Waals surface area (Å²) in [7, 11) is 0. The van der Waals surface area contributed by atoms with Gasteiger partial charge in [0.15, 0.2) is 0 Å². The van der Waals surface area contributed by atoms with E-state index in [1.165, 1.54) is 0 Å². The summed E-state index contributed by atoms with van der Waals surface area (Å²) in [6.07, 6.45) is -3.59. The summed E-state index contributed by atoms with van der Waals surface area (Å²) >= 11 is 0. The molecule has 0 saturated carbocycles. The molecule has 0 heterocycles. The number of nitrogens with one attached hydrogen (secondary N) is 1. The van der Waals surface area contributed by atoms with Crippen molar-refractivity contribution in [3.8, 4) is 0 Å². The van der Waals surface area contributed by atoms with Crippen LogP contribution < -0.4 is 11.1 Å². The molecule has 0 aliphatic rings. The van der Waals surface area contributed by atoms with E-state index in [-0.39, 0.29) is 6.04 Å². The van der Waals surface area contributed by atoms with E-state index in [1.807, 2.05) is 0 Å². The van der Waals surface area contributed by atoms with Gasteiger partial charge < -0.3 is 11.1 Å². The number of rotatable bonds is 5. The molecule has 1 unspecified atom stereocenters. The van der Waals surface area contributed by atoms with Crippen LogP contribution in [0.2, 0.25) is 0 Å². The van der Waals surface area contributed by atoms with Crippen molar-refractivity contribution in [1.29, 1.82) is 0 Å². The average Bonchev–Trinajstić information content (AvgIpc) is 2.37. The number of halogens is 4. The molecule has 1 aromatic rings. The summed E-state index contributed by atoms with van der Waals surface area (Å²) in [5, 5.41) is 2.48. The fourth-order valence-electron chi connectivity index (χ4n) is 1.72. The third-order valence-electron chi connectivity index (χ3n) is 2.88. The first-order valence-corrected chi connectivity index (χ1v) is 6.17. The van der Waals surface area contributed by atoms with E-state index in [2.05, 4.69) is 5.32 Å². The van der Waals surface area contributed by atoms with Gasteiger partial charge >= 0.3 is 6.18 Å². The minimum atomic E-state index is -4.62. The first-order valence-electron chi connectivity index (χ1n) is 6.17. The second-order valence-corrected chi connectivity index (χ2v) is 4.35. The molecule has 20 heavy (non-hydrogen) atoms. The lowest BCUT2D eigenvalue weighted by Gasteiger charge is -2.17. The SMILES string of the molecule is CCC(CCN)NC(=O)c1cc(C(F)(F)F)ccc1F. The zero-order chi connectivity index (χ0) is 15.3. The number of hydrogen-bond acceptors (Lipinski definition) is 2. The van der Waals surface area contributed by atoms with Crippen LogP contribution in [0.15, 0.2) is 18.2 Å². The standard InChI is InChI=1S/C13H16F4N2O/c1-2-9(5-6-18)19-12(20)10-7-8(13(15,16)17)3-4-11(10)14/h3-4,7,9H,2,5-6,18H2,1H3,(H,19,20). The zero-order valence-corrected chi connectivity index (χ0v) is 10.9. The smallest absolute Gasteiger partial charge is 0.349 e. The Kier molecular flexibility index (Phi) is 5.50. The van der Waals surface area contributed by atoms with Gasteiger partial charge in [0.2, 0.25) is 0 Å². The van der Waals surface area contributed by atoms with Gasteiger partial charge in [-0.25, -0.2) is 4.39 Å². The fourth-order valence-corrected chi connectivity index (χ4v) is 1.72. The number of alkyl halides is 3. The van der Waals surface area contributed by atoms with Crippen LogP contribution in [0.1, 0.15) is 35.7 Å². The van der Waals surface area contributed by atoms with Crippen LogP contribution in [0, 0.1) is 5.82 Å². The van der Waals surface area contributed by atoms with Crippen LogP contribution in [0.4, 0.5) is 17.6 Å². The number of amides is 1. The molecule has 0 radical (unpaired) electrons. The molecule has 0 bridgehead atoms. The Morgan fingerprint density at radius 2 is 2.05 bits per heavy atom. The molecule has 0 fully saturated rings.